The van der Waals surface area contributed by atoms with E-state index in [0.29, 0.717) is 34.7 Å². The molecule has 2 heterocycles. The fraction of sp³-hybridized carbons (Fsp3) is 0.450. The van der Waals surface area contributed by atoms with E-state index in [1.54, 1.807) is 24.4 Å². The highest BCUT2D eigenvalue weighted by molar-refractivity contribution is 8.00. The van der Waals surface area contributed by atoms with Gasteiger partial charge >= 0.3 is 0 Å². The van der Waals surface area contributed by atoms with Crippen molar-refractivity contribution in [3.05, 3.63) is 34.6 Å². The number of fused-ring (bicyclic) bond motifs is 3. The van der Waals surface area contributed by atoms with Crippen LogP contribution in [0.3, 0.4) is 0 Å². The number of rotatable bonds is 4. The molecule has 1 atom stereocenters. The summed E-state index contributed by atoms with van der Waals surface area (Å²) in [4.78, 5) is 25.4. The smallest absolute Gasteiger partial charge is 0.262 e. The molecule has 1 aliphatic rings. The molecule has 1 saturated carbocycles. The number of hydrogen-bond acceptors (Lipinski definition) is 6. The number of nitrogens with one attached hydrogen (secondary N) is 1. The van der Waals surface area contributed by atoms with Gasteiger partial charge in [-0.3, -0.25) is 18.6 Å². The number of benzene rings is 1. The number of aromatic nitrogens is 4. The van der Waals surface area contributed by atoms with Crippen LogP contribution in [-0.4, -0.2) is 35.9 Å². The van der Waals surface area contributed by atoms with E-state index in [9.17, 15) is 14.9 Å². The van der Waals surface area contributed by atoms with Gasteiger partial charge in [-0.05, 0) is 31.9 Å². The van der Waals surface area contributed by atoms with Crippen molar-refractivity contribution in [2.24, 2.45) is 7.05 Å². The van der Waals surface area contributed by atoms with Gasteiger partial charge in [-0.15, -0.1) is 10.2 Å². The van der Waals surface area contributed by atoms with Gasteiger partial charge in [0.15, 0.2) is 5.16 Å². The molecule has 1 aliphatic carbocycles. The second-order valence-corrected chi connectivity index (χ2v) is 8.81. The first-order chi connectivity index (χ1) is 14.0. The molecule has 0 radical (unpaired) electrons. The molecule has 0 saturated heterocycles. The minimum absolute atomic E-state index is 0.142. The van der Waals surface area contributed by atoms with Gasteiger partial charge in [-0.1, -0.05) is 43.2 Å². The molecular formula is C20H22N6O2S. The van der Waals surface area contributed by atoms with E-state index in [0.717, 1.165) is 19.3 Å². The second-order valence-electron chi connectivity index (χ2n) is 7.50. The average molecular weight is 411 g/mol. The van der Waals surface area contributed by atoms with Crippen molar-refractivity contribution in [1.29, 1.82) is 5.26 Å². The minimum atomic E-state index is -0.770. The molecule has 8 nitrogen and oxygen atoms in total. The van der Waals surface area contributed by atoms with Crippen LogP contribution in [-0.2, 0) is 11.8 Å². The molecule has 0 aliphatic heterocycles. The van der Waals surface area contributed by atoms with Gasteiger partial charge in [0, 0.05) is 7.05 Å². The maximum Gasteiger partial charge on any atom is 0.262 e. The van der Waals surface area contributed by atoms with Crippen LogP contribution >= 0.6 is 11.8 Å². The summed E-state index contributed by atoms with van der Waals surface area (Å²) in [7, 11) is 1.66. The summed E-state index contributed by atoms with van der Waals surface area (Å²) < 4.78 is 3.25. The third-order valence-electron chi connectivity index (χ3n) is 5.53. The highest BCUT2D eigenvalue weighted by Crippen LogP contribution is 2.29. The summed E-state index contributed by atoms with van der Waals surface area (Å²) >= 11 is 1.27. The Morgan fingerprint density at radius 2 is 2.00 bits per heavy atom. The normalized spacial score (nSPS) is 17.1. The van der Waals surface area contributed by atoms with E-state index in [1.165, 1.54) is 16.3 Å². The van der Waals surface area contributed by atoms with Gasteiger partial charge in [-0.2, -0.15) is 5.26 Å². The van der Waals surface area contributed by atoms with Crippen LogP contribution in [0.4, 0.5) is 0 Å². The van der Waals surface area contributed by atoms with Gasteiger partial charge in [0.1, 0.15) is 5.54 Å². The number of thioether (sulfide) groups is 1. The second kappa shape index (κ2) is 7.52. The van der Waals surface area contributed by atoms with E-state index in [4.69, 9.17) is 0 Å². The third kappa shape index (κ3) is 3.38. The van der Waals surface area contributed by atoms with E-state index in [2.05, 4.69) is 21.6 Å². The zero-order chi connectivity index (χ0) is 20.6. The van der Waals surface area contributed by atoms with Crippen molar-refractivity contribution in [2.45, 2.75) is 55.0 Å². The van der Waals surface area contributed by atoms with Crippen LogP contribution in [0.2, 0.25) is 0 Å². The van der Waals surface area contributed by atoms with Gasteiger partial charge in [-0.25, -0.2) is 0 Å². The maximum atomic E-state index is 12.8. The number of nitrogens with zero attached hydrogens (tertiary/aromatic N) is 5. The predicted octanol–water partition coefficient (Wildman–Crippen LogP) is 2.40. The van der Waals surface area contributed by atoms with Crippen molar-refractivity contribution in [3.8, 4) is 6.07 Å². The number of carbonyl (C=O) groups excluding carboxylic acids is 1. The van der Waals surface area contributed by atoms with Gasteiger partial charge in [0.2, 0.25) is 11.7 Å². The van der Waals surface area contributed by atoms with E-state index in [-0.39, 0.29) is 11.5 Å². The lowest BCUT2D eigenvalue weighted by Crippen LogP contribution is -2.50. The summed E-state index contributed by atoms with van der Waals surface area (Å²) in [5, 5.41) is 21.6. The largest absolute Gasteiger partial charge is 0.337 e. The quantitative estimate of drug-likeness (QED) is 0.662. The number of para-hydroxylation sites is 1. The van der Waals surface area contributed by atoms with Crippen molar-refractivity contribution in [1.82, 2.24) is 24.5 Å². The monoisotopic (exact) mass is 410 g/mol. The Labute approximate surface area is 171 Å². The molecule has 0 bridgehead atoms. The molecule has 4 rings (SSSR count). The van der Waals surface area contributed by atoms with Crippen molar-refractivity contribution >= 4 is 34.3 Å². The standard InChI is InChI=1S/C20H22N6O2S/c1-13(16(27)22-20(12-21)10-6-3-7-11-20)29-19-24-23-18-25(2)17(28)14-8-4-5-9-15(14)26(18)19/h4-5,8-9,13H,3,6-7,10-11H2,1-2H3,(H,22,27). The molecule has 1 aromatic carbocycles. The predicted molar refractivity (Wildman–Crippen MR) is 111 cm³/mol. The van der Waals surface area contributed by atoms with Crippen molar-refractivity contribution in [2.75, 3.05) is 0 Å². The first-order valence-corrected chi connectivity index (χ1v) is 10.6. The van der Waals surface area contributed by atoms with Crippen LogP contribution in [0.15, 0.2) is 34.2 Å². The molecule has 1 N–H and O–H groups in total. The van der Waals surface area contributed by atoms with Gasteiger partial charge < -0.3 is 5.32 Å². The van der Waals surface area contributed by atoms with Crippen molar-refractivity contribution < 1.29 is 4.79 Å². The summed E-state index contributed by atoms with van der Waals surface area (Å²) in [6, 6.07) is 9.59. The minimum Gasteiger partial charge on any atom is -0.337 e. The Kier molecular flexibility index (Phi) is 5.04. The first kappa shape index (κ1) is 19.5. The lowest BCUT2D eigenvalue weighted by Gasteiger charge is -2.32. The molecule has 0 spiro atoms. The van der Waals surface area contributed by atoms with E-state index >= 15 is 0 Å². The summed E-state index contributed by atoms with van der Waals surface area (Å²) in [6.07, 6.45) is 4.37. The average Bonchev–Trinajstić information content (AvgIpc) is 3.16. The molecule has 150 valence electrons. The zero-order valence-corrected chi connectivity index (χ0v) is 17.2. The topological polar surface area (TPSA) is 105 Å². The fourth-order valence-electron chi connectivity index (χ4n) is 3.86. The molecule has 1 amide bonds. The molecule has 1 unspecified atom stereocenters. The Bertz CT molecular complexity index is 1190. The molecule has 1 fully saturated rings. The van der Waals surface area contributed by atoms with Gasteiger partial charge in [0.05, 0.1) is 22.2 Å². The maximum absolute atomic E-state index is 12.8. The van der Waals surface area contributed by atoms with Crippen LogP contribution < -0.4 is 10.9 Å². The SMILES string of the molecule is CC(Sc1nnc2n(C)c(=O)c3ccccc3n12)C(=O)NC1(C#N)CCCCC1. The van der Waals surface area contributed by atoms with Crippen LogP contribution in [0.1, 0.15) is 39.0 Å². The summed E-state index contributed by atoms with van der Waals surface area (Å²) in [6.45, 7) is 1.79. The van der Waals surface area contributed by atoms with Crippen LogP contribution in [0, 0.1) is 11.3 Å². The summed E-state index contributed by atoms with van der Waals surface area (Å²) in [5.74, 6) is 0.230. The Hall–Kier alpha value is -2.86. The first-order valence-electron chi connectivity index (χ1n) is 9.68. The Morgan fingerprint density at radius 3 is 2.72 bits per heavy atom. The van der Waals surface area contributed by atoms with Gasteiger partial charge in [0.25, 0.3) is 5.56 Å². The molecule has 9 heteroatoms. The lowest BCUT2D eigenvalue weighted by atomic mass is 9.83. The van der Waals surface area contributed by atoms with Crippen molar-refractivity contribution in [3.63, 3.8) is 0 Å². The molecular weight excluding hydrogens is 388 g/mol. The lowest BCUT2D eigenvalue weighted by molar-refractivity contribution is -0.121. The number of carbonyl (C=O) groups is 1. The summed E-state index contributed by atoms with van der Waals surface area (Å²) in [5.41, 5.74) is -0.212. The fourth-order valence-corrected chi connectivity index (χ4v) is 4.71. The Morgan fingerprint density at radius 1 is 1.28 bits per heavy atom. The highest BCUT2D eigenvalue weighted by atomic mass is 32.2. The number of amides is 1. The van der Waals surface area contributed by atoms with E-state index in [1.807, 2.05) is 18.2 Å². The highest BCUT2D eigenvalue weighted by Gasteiger charge is 2.35. The zero-order valence-electron chi connectivity index (χ0n) is 16.4. The number of aryl methyl sites for hydroxylation is 1. The van der Waals surface area contributed by atoms with Crippen LogP contribution in [0.25, 0.3) is 16.7 Å². The Balaban J connectivity index is 1.65. The molecule has 3 aromatic rings. The van der Waals surface area contributed by atoms with Crippen LogP contribution in [0.5, 0.6) is 0 Å². The molecule has 29 heavy (non-hydrogen) atoms. The number of nitriles is 1. The number of hydrogen-bond donors (Lipinski definition) is 1. The third-order valence-corrected chi connectivity index (χ3v) is 6.57. The van der Waals surface area contributed by atoms with E-state index < -0.39 is 10.8 Å². The molecule has 2 aromatic heterocycles.